The van der Waals surface area contributed by atoms with Crippen LogP contribution in [0.15, 0.2) is 89.8 Å². The number of hydrogen-bond acceptors (Lipinski definition) is 4. The molecular formula is C25H24N2O4S. The van der Waals surface area contributed by atoms with E-state index in [9.17, 15) is 18.0 Å². The maximum Gasteiger partial charge on any atom is 0.254 e. The molecule has 164 valence electrons. The standard InChI is InChI=1S/C25H24N2O4S/c28-24(19-9-3-1-4-10-19)22-13-7-8-14-23(22)25(29)27-17-15-20(16-18-27)26-32(30,31)21-11-5-2-6-12-21/h1-14,20,26H,15-18H2. The third-order valence-corrected chi connectivity index (χ3v) is 7.13. The van der Waals surface area contributed by atoms with Gasteiger partial charge >= 0.3 is 0 Å². The van der Waals surface area contributed by atoms with E-state index in [0.717, 1.165) is 0 Å². The lowest BCUT2D eigenvalue weighted by atomic mass is 9.96. The first kappa shape index (κ1) is 21.9. The number of nitrogens with one attached hydrogen (secondary N) is 1. The van der Waals surface area contributed by atoms with Gasteiger partial charge in [-0.1, -0.05) is 66.7 Å². The van der Waals surface area contributed by atoms with Crippen molar-refractivity contribution < 1.29 is 18.0 Å². The Morgan fingerprint density at radius 1 is 0.750 bits per heavy atom. The molecule has 0 spiro atoms. The third kappa shape index (κ3) is 4.79. The number of amides is 1. The van der Waals surface area contributed by atoms with E-state index in [0.29, 0.717) is 42.6 Å². The summed E-state index contributed by atoms with van der Waals surface area (Å²) in [5.41, 5.74) is 1.27. The number of piperidine rings is 1. The van der Waals surface area contributed by atoms with Gasteiger partial charge in [-0.15, -0.1) is 0 Å². The van der Waals surface area contributed by atoms with E-state index in [1.165, 1.54) is 0 Å². The summed E-state index contributed by atoms with van der Waals surface area (Å²) in [6, 6.07) is 23.7. The lowest BCUT2D eigenvalue weighted by Crippen LogP contribution is -2.46. The predicted molar refractivity (Wildman–Crippen MR) is 122 cm³/mol. The molecular weight excluding hydrogens is 424 g/mol. The summed E-state index contributed by atoms with van der Waals surface area (Å²) in [5, 5.41) is 0. The molecule has 1 aliphatic rings. The predicted octanol–water partition coefficient (Wildman–Crippen LogP) is 3.50. The van der Waals surface area contributed by atoms with Crippen LogP contribution in [0.2, 0.25) is 0 Å². The number of nitrogens with zero attached hydrogens (tertiary/aromatic N) is 1. The van der Waals surface area contributed by atoms with Crippen LogP contribution in [0.5, 0.6) is 0 Å². The van der Waals surface area contributed by atoms with Gasteiger partial charge in [0.05, 0.1) is 10.5 Å². The largest absolute Gasteiger partial charge is 0.339 e. The van der Waals surface area contributed by atoms with Crippen molar-refractivity contribution in [3.8, 4) is 0 Å². The first-order valence-corrected chi connectivity index (χ1v) is 12.0. The van der Waals surface area contributed by atoms with Crippen molar-refractivity contribution in [1.29, 1.82) is 0 Å². The van der Waals surface area contributed by atoms with Gasteiger partial charge < -0.3 is 4.90 Å². The van der Waals surface area contributed by atoms with Crippen molar-refractivity contribution in [2.75, 3.05) is 13.1 Å². The smallest absolute Gasteiger partial charge is 0.254 e. The average molecular weight is 449 g/mol. The molecule has 0 atom stereocenters. The fraction of sp³-hybridized carbons (Fsp3) is 0.200. The van der Waals surface area contributed by atoms with Crippen LogP contribution in [-0.2, 0) is 10.0 Å². The SMILES string of the molecule is O=C(c1ccccc1)c1ccccc1C(=O)N1CCC(NS(=O)(=O)c2ccccc2)CC1. The number of carbonyl (C=O) groups is 2. The van der Waals surface area contributed by atoms with Crippen LogP contribution in [-0.4, -0.2) is 44.1 Å². The molecule has 3 aromatic carbocycles. The van der Waals surface area contributed by atoms with Crippen molar-refractivity contribution in [3.63, 3.8) is 0 Å². The van der Waals surface area contributed by atoms with Crippen molar-refractivity contribution in [1.82, 2.24) is 9.62 Å². The number of likely N-dealkylation sites (tertiary alicyclic amines) is 1. The van der Waals surface area contributed by atoms with E-state index < -0.39 is 10.0 Å². The normalized spacial score (nSPS) is 14.8. The van der Waals surface area contributed by atoms with Gasteiger partial charge in [0.2, 0.25) is 10.0 Å². The lowest BCUT2D eigenvalue weighted by Gasteiger charge is -2.32. The zero-order valence-electron chi connectivity index (χ0n) is 17.5. The molecule has 1 amide bonds. The summed E-state index contributed by atoms with van der Waals surface area (Å²) in [6.45, 7) is 0.823. The number of sulfonamides is 1. The second-order valence-electron chi connectivity index (χ2n) is 7.74. The summed E-state index contributed by atoms with van der Waals surface area (Å²) in [7, 11) is -3.60. The zero-order valence-corrected chi connectivity index (χ0v) is 18.3. The Hall–Kier alpha value is -3.29. The Kier molecular flexibility index (Phi) is 6.48. The van der Waals surface area contributed by atoms with Gasteiger partial charge in [-0.3, -0.25) is 9.59 Å². The quantitative estimate of drug-likeness (QED) is 0.585. The second kappa shape index (κ2) is 9.46. The Labute approximate surface area is 187 Å². The van der Waals surface area contributed by atoms with E-state index in [1.807, 2.05) is 6.07 Å². The van der Waals surface area contributed by atoms with Crippen LogP contribution in [0.25, 0.3) is 0 Å². The average Bonchev–Trinajstić information content (AvgIpc) is 2.84. The van der Waals surface area contributed by atoms with Crippen LogP contribution < -0.4 is 4.72 Å². The minimum absolute atomic E-state index is 0.194. The summed E-state index contributed by atoms with van der Waals surface area (Å²) >= 11 is 0. The Bertz CT molecular complexity index is 1200. The maximum atomic E-state index is 13.2. The Balaban J connectivity index is 1.44. The molecule has 1 saturated heterocycles. The van der Waals surface area contributed by atoms with Crippen LogP contribution in [0, 0.1) is 0 Å². The zero-order chi connectivity index (χ0) is 22.6. The molecule has 6 nitrogen and oxygen atoms in total. The van der Waals surface area contributed by atoms with E-state index in [4.69, 9.17) is 0 Å². The van der Waals surface area contributed by atoms with Gasteiger partial charge in [-0.05, 0) is 31.0 Å². The Morgan fingerprint density at radius 2 is 1.28 bits per heavy atom. The molecule has 0 saturated carbocycles. The first-order chi connectivity index (χ1) is 15.5. The topological polar surface area (TPSA) is 83.6 Å². The van der Waals surface area contributed by atoms with Crippen LogP contribution >= 0.6 is 0 Å². The maximum absolute atomic E-state index is 13.2. The van der Waals surface area contributed by atoms with Gasteiger partial charge in [0.25, 0.3) is 5.91 Å². The monoisotopic (exact) mass is 448 g/mol. The van der Waals surface area contributed by atoms with Crippen molar-refractivity contribution >= 4 is 21.7 Å². The van der Waals surface area contributed by atoms with Gasteiger partial charge in [0.1, 0.15) is 0 Å². The minimum Gasteiger partial charge on any atom is -0.339 e. The third-order valence-electron chi connectivity index (χ3n) is 5.60. The molecule has 4 rings (SSSR count). The molecule has 3 aromatic rings. The fourth-order valence-electron chi connectivity index (χ4n) is 3.87. The summed E-state index contributed by atoms with van der Waals surface area (Å²) in [4.78, 5) is 28.1. The number of rotatable bonds is 6. The highest BCUT2D eigenvalue weighted by Gasteiger charge is 2.29. The molecule has 7 heteroatoms. The fourth-order valence-corrected chi connectivity index (χ4v) is 5.20. The molecule has 1 aliphatic heterocycles. The van der Waals surface area contributed by atoms with Crippen molar-refractivity contribution in [2.24, 2.45) is 0 Å². The molecule has 0 aromatic heterocycles. The van der Waals surface area contributed by atoms with Crippen LogP contribution in [0.4, 0.5) is 0 Å². The van der Waals surface area contributed by atoms with Gasteiger partial charge in [-0.25, -0.2) is 13.1 Å². The van der Waals surface area contributed by atoms with Crippen molar-refractivity contribution in [2.45, 2.75) is 23.8 Å². The van der Waals surface area contributed by atoms with Gasteiger partial charge in [0.15, 0.2) is 5.78 Å². The van der Waals surface area contributed by atoms with Gasteiger partial charge in [0, 0.05) is 30.3 Å². The van der Waals surface area contributed by atoms with E-state index >= 15 is 0 Å². The summed E-state index contributed by atoms with van der Waals surface area (Å²) in [6.07, 6.45) is 1.01. The lowest BCUT2D eigenvalue weighted by molar-refractivity contribution is 0.0707. The van der Waals surface area contributed by atoms with Crippen molar-refractivity contribution in [3.05, 3.63) is 102 Å². The highest BCUT2D eigenvalue weighted by molar-refractivity contribution is 7.89. The Morgan fingerprint density at radius 3 is 1.91 bits per heavy atom. The summed E-state index contributed by atoms with van der Waals surface area (Å²) in [5.74, 6) is -0.408. The molecule has 32 heavy (non-hydrogen) atoms. The first-order valence-electron chi connectivity index (χ1n) is 10.5. The highest BCUT2D eigenvalue weighted by Crippen LogP contribution is 2.20. The number of benzene rings is 3. The number of ketones is 1. The molecule has 0 unspecified atom stereocenters. The molecule has 1 N–H and O–H groups in total. The molecule has 0 radical (unpaired) electrons. The molecule has 0 bridgehead atoms. The number of hydrogen-bond donors (Lipinski definition) is 1. The van der Waals surface area contributed by atoms with E-state index in [2.05, 4.69) is 4.72 Å². The van der Waals surface area contributed by atoms with E-state index in [1.54, 1.807) is 83.8 Å². The summed E-state index contributed by atoms with van der Waals surface area (Å²) < 4.78 is 27.9. The highest BCUT2D eigenvalue weighted by atomic mass is 32.2. The van der Waals surface area contributed by atoms with E-state index in [-0.39, 0.29) is 22.6 Å². The minimum atomic E-state index is -3.60. The number of carbonyl (C=O) groups excluding carboxylic acids is 2. The van der Waals surface area contributed by atoms with Crippen LogP contribution in [0.3, 0.4) is 0 Å². The molecule has 1 fully saturated rings. The van der Waals surface area contributed by atoms with Gasteiger partial charge in [-0.2, -0.15) is 0 Å². The molecule has 0 aliphatic carbocycles. The second-order valence-corrected chi connectivity index (χ2v) is 9.46. The molecule has 1 heterocycles. The van der Waals surface area contributed by atoms with Crippen LogP contribution in [0.1, 0.15) is 39.1 Å².